The first-order valence-corrected chi connectivity index (χ1v) is 7.13. The number of hydrogen-bond acceptors (Lipinski definition) is 4. The molecule has 4 N–H and O–H groups in total. The first-order valence-electron chi connectivity index (χ1n) is 5.51. The molecule has 0 radical (unpaired) electrons. The number of oxime groups is 1. The van der Waals surface area contributed by atoms with Gasteiger partial charge in [-0.2, -0.15) is 0 Å². The molecule has 0 aliphatic carbocycles. The zero-order valence-corrected chi connectivity index (χ0v) is 11.3. The second-order valence-electron chi connectivity index (χ2n) is 3.87. The van der Waals surface area contributed by atoms with Crippen LogP contribution in [-0.2, 0) is 15.6 Å². The van der Waals surface area contributed by atoms with E-state index in [0.717, 1.165) is 0 Å². The molecule has 100 valence electrons. The van der Waals surface area contributed by atoms with Crippen molar-refractivity contribution in [3.8, 4) is 0 Å². The summed E-state index contributed by atoms with van der Waals surface area (Å²) in [5, 5.41) is 14.1. The van der Waals surface area contributed by atoms with Crippen LogP contribution in [0, 0.1) is 5.92 Å². The van der Waals surface area contributed by atoms with Gasteiger partial charge in [-0.1, -0.05) is 19.0 Å². The van der Waals surface area contributed by atoms with E-state index in [1.165, 1.54) is 0 Å². The molecule has 0 aromatic rings. The summed E-state index contributed by atoms with van der Waals surface area (Å²) in [5.41, 5.74) is 5.40. The van der Waals surface area contributed by atoms with Crippen LogP contribution in [0.1, 0.15) is 26.7 Å². The van der Waals surface area contributed by atoms with Gasteiger partial charge in [-0.3, -0.25) is 9.00 Å². The van der Waals surface area contributed by atoms with Crippen LogP contribution in [0.5, 0.6) is 0 Å². The standard InChI is InChI=1S/C10H21N3O3S/c1-4-8(9(11)13-15)10(14)12-6-5-7(2)17(3)16/h7-8,15H,4-6H2,1-3H3,(H2,11,13)(H,12,14). The lowest BCUT2D eigenvalue weighted by Gasteiger charge is -2.14. The minimum atomic E-state index is -0.888. The normalized spacial score (nSPS) is 17.2. The molecule has 0 rings (SSSR count). The third-order valence-electron chi connectivity index (χ3n) is 2.61. The van der Waals surface area contributed by atoms with Gasteiger partial charge in [-0.25, -0.2) is 0 Å². The summed E-state index contributed by atoms with van der Waals surface area (Å²) >= 11 is 0. The number of carbonyl (C=O) groups excluding carboxylic acids is 1. The van der Waals surface area contributed by atoms with Gasteiger partial charge in [0.2, 0.25) is 5.91 Å². The number of nitrogens with zero attached hydrogens (tertiary/aromatic N) is 1. The zero-order valence-electron chi connectivity index (χ0n) is 10.5. The van der Waals surface area contributed by atoms with Crippen molar-refractivity contribution in [3.05, 3.63) is 0 Å². The average Bonchev–Trinajstić information content (AvgIpc) is 2.29. The second kappa shape index (κ2) is 8.05. The molecule has 0 aromatic carbocycles. The van der Waals surface area contributed by atoms with Crippen LogP contribution in [0.15, 0.2) is 5.16 Å². The molecular formula is C10H21N3O3S. The molecule has 0 spiro atoms. The fourth-order valence-corrected chi connectivity index (χ4v) is 1.74. The van der Waals surface area contributed by atoms with Gasteiger partial charge in [-0.15, -0.1) is 0 Å². The average molecular weight is 263 g/mol. The molecule has 3 atom stereocenters. The first-order chi connectivity index (χ1) is 7.93. The highest BCUT2D eigenvalue weighted by Gasteiger charge is 2.20. The van der Waals surface area contributed by atoms with Gasteiger partial charge in [0.1, 0.15) is 0 Å². The fourth-order valence-electron chi connectivity index (χ4n) is 1.29. The van der Waals surface area contributed by atoms with Crippen molar-refractivity contribution in [2.75, 3.05) is 12.8 Å². The zero-order chi connectivity index (χ0) is 13.4. The van der Waals surface area contributed by atoms with Crippen molar-refractivity contribution >= 4 is 22.5 Å². The lowest BCUT2D eigenvalue weighted by atomic mass is 10.0. The highest BCUT2D eigenvalue weighted by atomic mass is 32.2. The quantitative estimate of drug-likeness (QED) is 0.261. The van der Waals surface area contributed by atoms with Crippen molar-refractivity contribution in [1.82, 2.24) is 5.32 Å². The molecule has 3 unspecified atom stereocenters. The molecule has 0 heterocycles. The Morgan fingerprint density at radius 3 is 2.59 bits per heavy atom. The van der Waals surface area contributed by atoms with Gasteiger partial charge in [0.05, 0.1) is 5.92 Å². The van der Waals surface area contributed by atoms with Crippen molar-refractivity contribution in [1.29, 1.82) is 0 Å². The predicted molar refractivity (Wildman–Crippen MR) is 68.3 cm³/mol. The van der Waals surface area contributed by atoms with Gasteiger partial charge in [0.25, 0.3) is 0 Å². The largest absolute Gasteiger partial charge is 0.409 e. The van der Waals surface area contributed by atoms with E-state index in [4.69, 9.17) is 10.9 Å². The summed E-state index contributed by atoms with van der Waals surface area (Å²) in [4.78, 5) is 11.7. The monoisotopic (exact) mass is 263 g/mol. The summed E-state index contributed by atoms with van der Waals surface area (Å²) in [6, 6.07) is 0. The maximum absolute atomic E-state index is 11.7. The molecular weight excluding hydrogens is 242 g/mol. The summed E-state index contributed by atoms with van der Waals surface area (Å²) in [6.45, 7) is 4.09. The van der Waals surface area contributed by atoms with Gasteiger partial charge < -0.3 is 16.3 Å². The van der Waals surface area contributed by atoms with E-state index in [9.17, 15) is 9.00 Å². The van der Waals surface area contributed by atoms with Crippen LogP contribution >= 0.6 is 0 Å². The number of carbonyl (C=O) groups is 1. The summed E-state index contributed by atoms with van der Waals surface area (Å²) in [6.07, 6.45) is 2.75. The van der Waals surface area contributed by atoms with E-state index in [2.05, 4.69) is 10.5 Å². The molecule has 0 saturated carbocycles. The SMILES string of the molecule is CCC(C(=O)NCCC(C)S(C)=O)C(N)=NO. The maximum atomic E-state index is 11.7. The Morgan fingerprint density at radius 2 is 2.18 bits per heavy atom. The topological polar surface area (TPSA) is 105 Å². The van der Waals surface area contributed by atoms with E-state index in [1.807, 2.05) is 6.92 Å². The van der Waals surface area contributed by atoms with Crippen LogP contribution in [0.4, 0.5) is 0 Å². The number of amides is 1. The number of hydrogen-bond donors (Lipinski definition) is 3. The maximum Gasteiger partial charge on any atom is 0.230 e. The molecule has 6 nitrogen and oxygen atoms in total. The Hall–Kier alpha value is -1.11. The number of amidine groups is 1. The Kier molecular flexibility index (Phi) is 7.53. The van der Waals surface area contributed by atoms with Crippen LogP contribution in [0.3, 0.4) is 0 Å². The first kappa shape index (κ1) is 15.9. The number of nitrogens with two attached hydrogens (primary N) is 1. The number of nitrogens with one attached hydrogen (secondary N) is 1. The Labute approximate surface area is 104 Å². The van der Waals surface area contributed by atoms with Crippen LogP contribution in [0.25, 0.3) is 0 Å². The smallest absolute Gasteiger partial charge is 0.230 e. The fraction of sp³-hybridized carbons (Fsp3) is 0.800. The third-order valence-corrected chi connectivity index (χ3v) is 3.98. The Balaban J connectivity index is 4.13. The summed E-state index contributed by atoms with van der Waals surface area (Å²) in [7, 11) is -0.888. The lowest BCUT2D eigenvalue weighted by Crippen LogP contribution is -2.39. The molecule has 0 bridgehead atoms. The van der Waals surface area contributed by atoms with Crippen LogP contribution < -0.4 is 11.1 Å². The molecule has 7 heteroatoms. The van der Waals surface area contributed by atoms with Crippen LogP contribution in [0.2, 0.25) is 0 Å². The van der Waals surface area contributed by atoms with E-state index in [1.54, 1.807) is 13.2 Å². The van der Waals surface area contributed by atoms with E-state index in [0.29, 0.717) is 19.4 Å². The van der Waals surface area contributed by atoms with Crippen molar-refractivity contribution in [3.63, 3.8) is 0 Å². The van der Waals surface area contributed by atoms with Crippen molar-refractivity contribution < 1.29 is 14.2 Å². The van der Waals surface area contributed by atoms with Gasteiger partial charge >= 0.3 is 0 Å². The highest BCUT2D eigenvalue weighted by Crippen LogP contribution is 2.03. The lowest BCUT2D eigenvalue weighted by molar-refractivity contribution is -0.123. The Bertz CT molecular complexity index is 307. The molecule has 0 saturated heterocycles. The minimum Gasteiger partial charge on any atom is -0.409 e. The molecule has 17 heavy (non-hydrogen) atoms. The van der Waals surface area contributed by atoms with Gasteiger partial charge in [-0.05, 0) is 12.8 Å². The predicted octanol–water partition coefficient (Wildman–Crippen LogP) is 0.0323. The van der Waals surface area contributed by atoms with Gasteiger partial charge in [0, 0.05) is 28.9 Å². The van der Waals surface area contributed by atoms with E-state index < -0.39 is 16.7 Å². The van der Waals surface area contributed by atoms with Crippen LogP contribution in [-0.4, -0.2) is 39.2 Å². The summed E-state index contributed by atoms with van der Waals surface area (Å²) in [5.74, 6) is -0.962. The highest BCUT2D eigenvalue weighted by molar-refractivity contribution is 7.84. The molecule has 1 amide bonds. The third kappa shape index (κ3) is 5.67. The van der Waals surface area contributed by atoms with E-state index >= 15 is 0 Å². The van der Waals surface area contributed by atoms with Crippen molar-refractivity contribution in [2.24, 2.45) is 16.8 Å². The Morgan fingerprint density at radius 1 is 1.59 bits per heavy atom. The second-order valence-corrected chi connectivity index (χ2v) is 5.68. The minimum absolute atomic E-state index is 0.0410. The summed E-state index contributed by atoms with van der Waals surface area (Å²) < 4.78 is 11.1. The van der Waals surface area contributed by atoms with Gasteiger partial charge in [0.15, 0.2) is 5.84 Å². The van der Waals surface area contributed by atoms with Crippen molar-refractivity contribution in [2.45, 2.75) is 31.9 Å². The molecule has 0 aliphatic rings. The number of rotatable bonds is 7. The molecule has 0 aliphatic heterocycles. The molecule has 0 fully saturated rings. The van der Waals surface area contributed by atoms with E-state index in [-0.39, 0.29) is 17.0 Å². The molecule has 0 aromatic heterocycles.